The highest BCUT2D eigenvalue weighted by Gasteiger charge is 2.19. The Kier molecular flexibility index (Phi) is 41.3. The number of hydrogen-bond donors (Lipinski definition) is 0. The normalized spacial score (nSPS) is 12.6. The van der Waals surface area contributed by atoms with E-state index in [9.17, 15) is 14.4 Å². The number of unbranched alkanes of at least 4 members (excludes halogenated alkanes) is 26. The minimum absolute atomic E-state index is 0.0657. The van der Waals surface area contributed by atoms with Gasteiger partial charge in [-0.3, -0.25) is 14.4 Å². The van der Waals surface area contributed by atoms with Gasteiger partial charge in [-0.1, -0.05) is 234 Å². The topological polar surface area (TPSA) is 78.9 Å². The maximum Gasteiger partial charge on any atom is 0.306 e. The minimum atomic E-state index is -0.763. The summed E-state index contributed by atoms with van der Waals surface area (Å²) in [5, 5.41) is 0. The van der Waals surface area contributed by atoms with E-state index in [0.29, 0.717) is 19.3 Å². The monoisotopic (exact) mass is 807 g/mol. The molecule has 0 bridgehead atoms. The number of carbonyl (C=O) groups is 3. The zero-order valence-electron chi connectivity index (χ0n) is 39.1. The number of hydrogen-bond acceptors (Lipinski definition) is 6. The molecule has 2 atom stereocenters. The molecule has 0 heterocycles. The summed E-state index contributed by atoms with van der Waals surface area (Å²) in [7, 11) is 0. The Labute approximate surface area is 355 Å². The quantitative estimate of drug-likeness (QED) is 0.0347. The van der Waals surface area contributed by atoms with Gasteiger partial charge in [0.15, 0.2) is 6.10 Å². The van der Waals surface area contributed by atoms with Crippen LogP contribution in [0, 0.1) is 17.8 Å². The maximum absolute atomic E-state index is 12.8. The molecular weight excluding hydrogens is 709 g/mol. The van der Waals surface area contributed by atoms with E-state index in [1.54, 1.807) is 0 Å². The third kappa shape index (κ3) is 43.8. The third-order valence-corrected chi connectivity index (χ3v) is 11.8. The van der Waals surface area contributed by atoms with Crippen molar-refractivity contribution >= 4 is 17.9 Å². The molecule has 57 heavy (non-hydrogen) atoms. The molecular formula is C51H98O6. The van der Waals surface area contributed by atoms with Gasteiger partial charge in [0, 0.05) is 19.3 Å². The fourth-order valence-electron chi connectivity index (χ4n) is 7.55. The summed E-state index contributed by atoms with van der Waals surface area (Å²) in [6.07, 6.45) is 40.9. The highest BCUT2D eigenvalue weighted by atomic mass is 16.6. The SMILES string of the molecule is CCC(C)CCCCCCCCCCC(=O)OC[C@@H](COC(=O)CCCCCCCCCCC(C)C)OC(=O)CCCCCCCCCCCCCCCC(C)C. The minimum Gasteiger partial charge on any atom is -0.462 e. The summed E-state index contributed by atoms with van der Waals surface area (Å²) in [5.41, 5.74) is 0. The third-order valence-electron chi connectivity index (χ3n) is 11.8. The van der Waals surface area contributed by atoms with E-state index in [-0.39, 0.29) is 31.1 Å². The van der Waals surface area contributed by atoms with Crippen molar-refractivity contribution in [2.75, 3.05) is 13.2 Å². The van der Waals surface area contributed by atoms with Crippen LogP contribution in [0.4, 0.5) is 0 Å². The molecule has 1 unspecified atom stereocenters. The summed E-state index contributed by atoms with van der Waals surface area (Å²) in [4.78, 5) is 37.9. The van der Waals surface area contributed by atoms with Gasteiger partial charge in [0.2, 0.25) is 0 Å². The van der Waals surface area contributed by atoms with E-state index in [1.807, 2.05) is 0 Å². The predicted octanol–water partition coefficient (Wildman–Crippen LogP) is 16.0. The highest BCUT2D eigenvalue weighted by Crippen LogP contribution is 2.18. The van der Waals surface area contributed by atoms with Crippen LogP contribution in [0.5, 0.6) is 0 Å². The molecule has 0 amide bonds. The smallest absolute Gasteiger partial charge is 0.306 e. The molecule has 6 heteroatoms. The Morgan fingerprint density at radius 3 is 0.912 bits per heavy atom. The molecule has 0 aliphatic heterocycles. The van der Waals surface area contributed by atoms with Crippen molar-refractivity contribution in [3.63, 3.8) is 0 Å². The zero-order chi connectivity index (χ0) is 42.0. The van der Waals surface area contributed by atoms with Crippen LogP contribution >= 0.6 is 0 Å². The molecule has 0 saturated heterocycles. The highest BCUT2D eigenvalue weighted by molar-refractivity contribution is 5.71. The lowest BCUT2D eigenvalue weighted by atomic mass is 9.99. The van der Waals surface area contributed by atoms with Crippen LogP contribution in [0.25, 0.3) is 0 Å². The zero-order valence-corrected chi connectivity index (χ0v) is 39.1. The molecule has 0 aromatic rings. The van der Waals surface area contributed by atoms with Crippen molar-refractivity contribution in [2.45, 2.75) is 279 Å². The Balaban J connectivity index is 4.33. The van der Waals surface area contributed by atoms with Gasteiger partial charge >= 0.3 is 17.9 Å². The lowest BCUT2D eigenvalue weighted by molar-refractivity contribution is -0.167. The molecule has 0 fully saturated rings. The van der Waals surface area contributed by atoms with Crippen molar-refractivity contribution in [3.8, 4) is 0 Å². The molecule has 6 nitrogen and oxygen atoms in total. The lowest BCUT2D eigenvalue weighted by Crippen LogP contribution is -2.30. The summed E-state index contributed by atoms with van der Waals surface area (Å²) in [5.74, 6) is 1.63. The van der Waals surface area contributed by atoms with Gasteiger partial charge in [-0.25, -0.2) is 0 Å². The second-order valence-corrected chi connectivity index (χ2v) is 18.6. The Morgan fingerprint density at radius 2 is 0.614 bits per heavy atom. The number of carbonyl (C=O) groups excluding carboxylic acids is 3. The molecule has 338 valence electrons. The molecule has 0 saturated carbocycles. The van der Waals surface area contributed by atoms with E-state index in [0.717, 1.165) is 75.5 Å². The van der Waals surface area contributed by atoms with Crippen molar-refractivity contribution < 1.29 is 28.6 Å². The first-order valence-corrected chi connectivity index (χ1v) is 25.1. The van der Waals surface area contributed by atoms with E-state index < -0.39 is 6.10 Å². The van der Waals surface area contributed by atoms with E-state index >= 15 is 0 Å². The van der Waals surface area contributed by atoms with Gasteiger partial charge in [0.25, 0.3) is 0 Å². The molecule has 0 spiro atoms. The van der Waals surface area contributed by atoms with Crippen LogP contribution in [0.3, 0.4) is 0 Å². The van der Waals surface area contributed by atoms with Crippen LogP contribution in [-0.2, 0) is 28.6 Å². The summed E-state index contributed by atoms with van der Waals surface area (Å²) >= 11 is 0. The molecule has 0 aliphatic rings. The van der Waals surface area contributed by atoms with Crippen molar-refractivity contribution in [2.24, 2.45) is 17.8 Å². The van der Waals surface area contributed by atoms with E-state index in [2.05, 4.69) is 41.5 Å². The average Bonchev–Trinajstić information content (AvgIpc) is 3.18. The Bertz CT molecular complexity index is 885. The van der Waals surface area contributed by atoms with Gasteiger partial charge in [-0.2, -0.15) is 0 Å². The van der Waals surface area contributed by atoms with Gasteiger partial charge in [-0.15, -0.1) is 0 Å². The van der Waals surface area contributed by atoms with Crippen molar-refractivity contribution in [1.29, 1.82) is 0 Å². The predicted molar refractivity (Wildman–Crippen MR) is 243 cm³/mol. The fraction of sp³-hybridized carbons (Fsp3) is 0.941. The van der Waals surface area contributed by atoms with Crippen molar-refractivity contribution in [3.05, 3.63) is 0 Å². The average molecular weight is 807 g/mol. The van der Waals surface area contributed by atoms with Gasteiger partial charge in [0.05, 0.1) is 0 Å². The molecule has 0 radical (unpaired) electrons. The van der Waals surface area contributed by atoms with Gasteiger partial charge < -0.3 is 14.2 Å². The van der Waals surface area contributed by atoms with Crippen LogP contribution in [0.2, 0.25) is 0 Å². The Hall–Kier alpha value is -1.59. The van der Waals surface area contributed by atoms with E-state index in [1.165, 1.54) is 154 Å². The number of ether oxygens (including phenoxy) is 3. The van der Waals surface area contributed by atoms with E-state index in [4.69, 9.17) is 14.2 Å². The standard InChI is InChI=1S/C51H98O6/c1-7-47(6)39-33-27-21-16-18-23-29-35-41-50(53)56-44-48(43-55-49(52)40-34-28-22-17-15-20-26-32-38-46(4)5)57-51(54)42-36-30-24-14-12-10-8-9-11-13-19-25-31-37-45(2)3/h45-48H,7-44H2,1-6H3/t47?,48-/m1/s1. The molecule has 0 N–H and O–H groups in total. The second-order valence-electron chi connectivity index (χ2n) is 18.6. The molecule has 0 rings (SSSR count). The van der Waals surface area contributed by atoms with Crippen LogP contribution < -0.4 is 0 Å². The van der Waals surface area contributed by atoms with Crippen LogP contribution in [0.15, 0.2) is 0 Å². The molecule has 0 aromatic heterocycles. The van der Waals surface area contributed by atoms with Gasteiger partial charge in [0.1, 0.15) is 13.2 Å². The van der Waals surface area contributed by atoms with Crippen LogP contribution in [0.1, 0.15) is 273 Å². The largest absolute Gasteiger partial charge is 0.462 e. The fourth-order valence-corrected chi connectivity index (χ4v) is 7.55. The summed E-state index contributed by atoms with van der Waals surface area (Å²) in [6.45, 7) is 13.7. The first kappa shape index (κ1) is 55.4. The first-order chi connectivity index (χ1) is 27.6. The first-order valence-electron chi connectivity index (χ1n) is 25.1. The maximum atomic E-state index is 12.8. The Morgan fingerprint density at radius 1 is 0.351 bits per heavy atom. The summed E-state index contributed by atoms with van der Waals surface area (Å²) in [6, 6.07) is 0. The van der Waals surface area contributed by atoms with Gasteiger partial charge in [-0.05, 0) is 37.0 Å². The number of rotatable bonds is 44. The van der Waals surface area contributed by atoms with Crippen LogP contribution in [-0.4, -0.2) is 37.2 Å². The molecule has 0 aromatic carbocycles. The lowest BCUT2D eigenvalue weighted by Gasteiger charge is -2.18. The number of esters is 3. The van der Waals surface area contributed by atoms with Crippen molar-refractivity contribution in [1.82, 2.24) is 0 Å². The molecule has 0 aliphatic carbocycles. The summed E-state index contributed by atoms with van der Waals surface area (Å²) < 4.78 is 16.8. The second kappa shape index (κ2) is 42.5.